The number of hydrogen-bond acceptors (Lipinski definition) is 2. The van der Waals surface area contributed by atoms with Crippen molar-refractivity contribution in [2.45, 2.75) is 0 Å². The predicted octanol–water partition coefficient (Wildman–Crippen LogP) is 3.24. The Bertz CT molecular complexity index is 569. The lowest BCUT2D eigenvalue weighted by Crippen LogP contribution is -2.03. The molecule has 0 aliphatic rings. The van der Waals surface area contributed by atoms with Gasteiger partial charge < -0.3 is 0 Å². The summed E-state index contributed by atoms with van der Waals surface area (Å²) in [6.07, 6.45) is 1.28. The number of ketones is 1. The Morgan fingerprint density at radius 1 is 1.06 bits per heavy atom. The van der Waals surface area contributed by atoms with Crippen LogP contribution in [0.5, 0.6) is 0 Å². The van der Waals surface area contributed by atoms with Crippen molar-refractivity contribution in [3.05, 3.63) is 64.4 Å². The SMILES string of the molecule is O=C(c1ccc(Cl)nc1)c1ccc(F)c(F)c1. The number of pyridine rings is 1. The van der Waals surface area contributed by atoms with Crippen LogP contribution >= 0.6 is 11.6 Å². The number of rotatable bonds is 2. The first-order chi connectivity index (χ1) is 8.08. The Hall–Kier alpha value is -1.81. The molecule has 0 saturated heterocycles. The van der Waals surface area contributed by atoms with Crippen LogP contribution in [0.3, 0.4) is 0 Å². The van der Waals surface area contributed by atoms with E-state index in [1.807, 2.05) is 0 Å². The molecule has 1 aromatic heterocycles. The summed E-state index contributed by atoms with van der Waals surface area (Å²) >= 11 is 5.58. The van der Waals surface area contributed by atoms with Crippen molar-refractivity contribution in [2.75, 3.05) is 0 Å². The van der Waals surface area contributed by atoms with Crippen molar-refractivity contribution in [3.8, 4) is 0 Å². The first kappa shape index (κ1) is 11.7. The fourth-order valence-electron chi connectivity index (χ4n) is 1.31. The van der Waals surface area contributed by atoms with E-state index in [4.69, 9.17) is 11.6 Å². The summed E-state index contributed by atoms with van der Waals surface area (Å²) in [7, 11) is 0. The largest absolute Gasteiger partial charge is 0.289 e. The Kier molecular flexibility index (Phi) is 3.15. The van der Waals surface area contributed by atoms with Crippen molar-refractivity contribution in [1.82, 2.24) is 4.98 Å². The average Bonchev–Trinajstić information content (AvgIpc) is 2.33. The van der Waals surface area contributed by atoms with Gasteiger partial charge in [0.05, 0.1) is 0 Å². The molecule has 0 saturated carbocycles. The molecule has 5 heteroatoms. The second kappa shape index (κ2) is 4.59. The summed E-state index contributed by atoms with van der Waals surface area (Å²) in [5.74, 6) is -2.48. The average molecular weight is 254 g/mol. The Balaban J connectivity index is 2.37. The topological polar surface area (TPSA) is 30.0 Å². The van der Waals surface area contributed by atoms with E-state index in [1.54, 1.807) is 0 Å². The zero-order chi connectivity index (χ0) is 12.4. The minimum absolute atomic E-state index is 0.0630. The standard InChI is InChI=1S/C12H6ClF2NO/c13-11-4-2-8(6-16-11)12(17)7-1-3-9(14)10(15)5-7/h1-6H. The van der Waals surface area contributed by atoms with Gasteiger partial charge in [0.15, 0.2) is 17.4 Å². The van der Waals surface area contributed by atoms with Crippen molar-refractivity contribution >= 4 is 17.4 Å². The van der Waals surface area contributed by atoms with E-state index in [9.17, 15) is 13.6 Å². The maximum atomic E-state index is 13.0. The highest BCUT2D eigenvalue weighted by atomic mass is 35.5. The van der Waals surface area contributed by atoms with E-state index >= 15 is 0 Å². The van der Waals surface area contributed by atoms with Crippen LogP contribution in [-0.4, -0.2) is 10.8 Å². The molecule has 17 heavy (non-hydrogen) atoms. The minimum atomic E-state index is -1.06. The Morgan fingerprint density at radius 2 is 1.76 bits per heavy atom. The van der Waals surface area contributed by atoms with Gasteiger partial charge in [0, 0.05) is 17.3 Å². The molecule has 0 N–H and O–H groups in total. The lowest BCUT2D eigenvalue weighted by molar-refractivity contribution is 0.103. The fourth-order valence-corrected chi connectivity index (χ4v) is 1.43. The second-order valence-electron chi connectivity index (χ2n) is 3.33. The molecule has 0 aliphatic carbocycles. The van der Waals surface area contributed by atoms with E-state index in [2.05, 4.69) is 4.98 Å². The van der Waals surface area contributed by atoms with Crippen LogP contribution in [0.2, 0.25) is 5.15 Å². The number of carbonyl (C=O) groups is 1. The van der Waals surface area contributed by atoms with Gasteiger partial charge in [-0.2, -0.15) is 0 Å². The number of aromatic nitrogens is 1. The molecule has 0 aliphatic heterocycles. The zero-order valence-corrected chi connectivity index (χ0v) is 9.21. The third kappa shape index (κ3) is 2.47. The molecule has 0 fully saturated rings. The molecule has 0 amide bonds. The molecule has 0 atom stereocenters. The van der Waals surface area contributed by atoms with Crippen LogP contribution in [0.1, 0.15) is 15.9 Å². The zero-order valence-electron chi connectivity index (χ0n) is 8.45. The van der Waals surface area contributed by atoms with Gasteiger partial charge in [-0.3, -0.25) is 4.79 Å². The highest BCUT2D eigenvalue weighted by molar-refractivity contribution is 6.29. The van der Waals surface area contributed by atoms with E-state index in [-0.39, 0.29) is 16.3 Å². The van der Waals surface area contributed by atoms with Gasteiger partial charge in [0.25, 0.3) is 0 Å². The summed E-state index contributed by atoms with van der Waals surface area (Å²) in [6, 6.07) is 5.90. The third-order valence-corrected chi connectivity index (χ3v) is 2.39. The van der Waals surface area contributed by atoms with E-state index in [0.717, 1.165) is 12.1 Å². The van der Waals surface area contributed by atoms with Crippen LogP contribution in [0.25, 0.3) is 0 Å². The molecule has 0 bridgehead atoms. The van der Waals surface area contributed by atoms with Crippen molar-refractivity contribution in [2.24, 2.45) is 0 Å². The van der Waals surface area contributed by atoms with Gasteiger partial charge in [-0.05, 0) is 30.3 Å². The number of halogens is 3. The van der Waals surface area contributed by atoms with Crippen LogP contribution < -0.4 is 0 Å². The monoisotopic (exact) mass is 253 g/mol. The number of hydrogen-bond donors (Lipinski definition) is 0. The molecule has 0 spiro atoms. The van der Waals surface area contributed by atoms with E-state index in [1.165, 1.54) is 24.4 Å². The quantitative estimate of drug-likeness (QED) is 0.607. The highest BCUT2D eigenvalue weighted by Crippen LogP contribution is 2.14. The van der Waals surface area contributed by atoms with Gasteiger partial charge in [0.1, 0.15) is 5.15 Å². The summed E-state index contributed by atoms with van der Waals surface area (Å²) in [5.41, 5.74) is 0.327. The van der Waals surface area contributed by atoms with Crippen LogP contribution in [0.15, 0.2) is 36.5 Å². The summed E-state index contributed by atoms with van der Waals surface area (Å²) < 4.78 is 25.7. The molecule has 0 unspecified atom stereocenters. The molecule has 2 rings (SSSR count). The van der Waals surface area contributed by atoms with Crippen LogP contribution in [-0.2, 0) is 0 Å². The summed E-state index contributed by atoms with van der Waals surface area (Å²) in [4.78, 5) is 15.6. The molecule has 1 aromatic carbocycles. The van der Waals surface area contributed by atoms with Gasteiger partial charge in [-0.25, -0.2) is 13.8 Å². The van der Waals surface area contributed by atoms with Crippen LogP contribution in [0, 0.1) is 11.6 Å². The first-order valence-electron chi connectivity index (χ1n) is 4.69. The Labute approximate surface area is 101 Å². The molecular weight excluding hydrogens is 248 g/mol. The molecule has 2 nitrogen and oxygen atoms in total. The maximum absolute atomic E-state index is 13.0. The predicted molar refractivity (Wildman–Crippen MR) is 59.0 cm³/mol. The fraction of sp³-hybridized carbons (Fsp3) is 0. The maximum Gasteiger partial charge on any atom is 0.194 e. The van der Waals surface area contributed by atoms with Gasteiger partial charge in [0.2, 0.25) is 0 Å². The smallest absolute Gasteiger partial charge is 0.194 e. The minimum Gasteiger partial charge on any atom is -0.289 e. The molecular formula is C12H6ClF2NO. The molecule has 2 aromatic rings. The van der Waals surface area contributed by atoms with Gasteiger partial charge in [-0.15, -0.1) is 0 Å². The van der Waals surface area contributed by atoms with E-state index < -0.39 is 17.4 Å². The Morgan fingerprint density at radius 3 is 2.35 bits per heavy atom. The number of benzene rings is 1. The lowest BCUT2D eigenvalue weighted by Gasteiger charge is -2.01. The van der Waals surface area contributed by atoms with Crippen molar-refractivity contribution < 1.29 is 13.6 Å². The van der Waals surface area contributed by atoms with Gasteiger partial charge in [-0.1, -0.05) is 11.6 Å². The normalized spacial score (nSPS) is 10.3. The molecule has 86 valence electrons. The molecule has 1 heterocycles. The van der Waals surface area contributed by atoms with E-state index in [0.29, 0.717) is 0 Å². The third-order valence-electron chi connectivity index (χ3n) is 2.17. The summed E-state index contributed by atoms with van der Waals surface area (Å²) in [6.45, 7) is 0. The number of carbonyl (C=O) groups excluding carboxylic acids is 1. The van der Waals surface area contributed by atoms with Gasteiger partial charge >= 0.3 is 0 Å². The number of nitrogens with zero attached hydrogens (tertiary/aromatic N) is 1. The molecule has 0 radical (unpaired) electrons. The second-order valence-corrected chi connectivity index (χ2v) is 3.71. The van der Waals surface area contributed by atoms with Crippen LogP contribution in [0.4, 0.5) is 8.78 Å². The first-order valence-corrected chi connectivity index (χ1v) is 5.07. The van der Waals surface area contributed by atoms with Crippen molar-refractivity contribution in [1.29, 1.82) is 0 Å². The lowest BCUT2D eigenvalue weighted by atomic mass is 10.1. The van der Waals surface area contributed by atoms with Crippen molar-refractivity contribution in [3.63, 3.8) is 0 Å². The summed E-state index contributed by atoms with van der Waals surface area (Å²) in [5, 5.41) is 0.256. The highest BCUT2D eigenvalue weighted by Gasteiger charge is 2.12.